The number of benzene rings is 3. The first kappa shape index (κ1) is 24.8. The Morgan fingerprint density at radius 2 is 1.77 bits per heavy atom. The second-order valence-corrected chi connectivity index (χ2v) is 8.79. The number of thiocarbonyl (C=S) groups is 1. The van der Waals surface area contributed by atoms with Crippen LogP contribution in [0.1, 0.15) is 5.56 Å². The van der Waals surface area contributed by atoms with Crippen LogP contribution < -0.4 is 19.7 Å². The van der Waals surface area contributed by atoms with E-state index < -0.39 is 0 Å². The predicted octanol–water partition coefficient (Wildman–Crippen LogP) is 5.00. The quantitative estimate of drug-likeness (QED) is 0.449. The van der Waals surface area contributed by atoms with Crippen molar-refractivity contribution in [2.75, 3.05) is 50.1 Å². The molecule has 1 aliphatic heterocycles. The molecular weight excluding hydrogens is 489 g/mol. The molecule has 0 unspecified atom stereocenters. The average Bonchev–Trinajstić information content (AvgIpc) is 2.87. The van der Waals surface area contributed by atoms with Crippen LogP contribution in [0.25, 0.3) is 0 Å². The van der Waals surface area contributed by atoms with Crippen molar-refractivity contribution in [1.82, 2.24) is 4.90 Å². The summed E-state index contributed by atoms with van der Waals surface area (Å²) in [4.78, 5) is 17.3. The summed E-state index contributed by atoms with van der Waals surface area (Å²) in [6.45, 7) is 2.89. The number of nitrogens with one attached hydrogen (secondary N) is 1. The van der Waals surface area contributed by atoms with Gasteiger partial charge in [-0.15, -0.1) is 0 Å². The second-order valence-electron chi connectivity index (χ2n) is 7.97. The Labute approximate surface area is 214 Å². The van der Waals surface area contributed by atoms with Crippen LogP contribution in [0.15, 0.2) is 66.7 Å². The van der Waals surface area contributed by atoms with Crippen LogP contribution in [-0.4, -0.2) is 55.7 Å². The molecule has 1 N–H and O–H groups in total. The minimum absolute atomic E-state index is 0.183. The molecule has 1 heterocycles. The third-order valence-electron chi connectivity index (χ3n) is 5.64. The molecule has 1 aliphatic rings. The van der Waals surface area contributed by atoms with E-state index in [4.69, 9.17) is 33.3 Å². The molecule has 0 saturated carbocycles. The van der Waals surface area contributed by atoms with Crippen LogP contribution >= 0.6 is 23.8 Å². The van der Waals surface area contributed by atoms with E-state index in [1.54, 1.807) is 49.6 Å². The van der Waals surface area contributed by atoms with E-state index in [9.17, 15) is 9.18 Å². The van der Waals surface area contributed by atoms with Gasteiger partial charge in [-0.05, 0) is 60.7 Å². The molecule has 1 fully saturated rings. The maximum Gasteiger partial charge on any atom is 0.262 e. The molecule has 4 rings (SSSR count). The number of rotatable bonds is 7. The Bertz CT molecular complexity index is 1200. The van der Waals surface area contributed by atoms with Gasteiger partial charge in [0.1, 0.15) is 10.8 Å². The highest BCUT2D eigenvalue weighted by Crippen LogP contribution is 2.29. The lowest BCUT2D eigenvalue weighted by atomic mass is 10.1. The molecule has 35 heavy (non-hydrogen) atoms. The molecule has 0 aliphatic carbocycles. The van der Waals surface area contributed by atoms with Crippen molar-refractivity contribution in [3.8, 4) is 11.5 Å². The number of ether oxygens (including phenoxy) is 2. The zero-order valence-electron chi connectivity index (χ0n) is 19.2. The van der Waals surface area contributed by atoms with Gasteiger partial charge in [-0.25, -0.2) is 4.39 Å². The average molecular weight is 514 g/mol. The first-order valence-corrected chi connectivity index (χ1v) is 11.9. The van der Waals surface area contributed by atoms with Gasteiger partial charge >= 0.3 is 0 Å². The van der Waals surface area contributed by atoms with Gasteiger partial charge < -0.3 is 24.6 Å². The number of hydrogen-bond acceptors (Lipinski definition) is 5. The number of piperazine rings is 1. The fourth-order valence-corrected chi connectivity index (χ4v) is 4.33. The molecule has 1 saturated heterocycles. The Morgan fingerprint density at radius 1 is 1.03 bits per heavy atom. The largest absolute Gasteiger partial charge is 0.493 e. The number of nitrogens with zero attached hydrogens (tertiary/aromatic N) is 2. The summed E-state index contributed by atoms with van der Waals surface area (Å²) >= 11 is 11.7. The number of carbonyl (C=O) groups excluding carboxylic acids is 1. The van der Waals surface area contributed by atoms with Crippen LogP contribution in [0.4, 0.5) is 15.8 Å². The van der Waals surface area contributed by atoms with Crippen molar-refractivity contribution >= 4 is 46.1 Å². The van der Waals surface area contributed by atoms with Crippen LogP contribution in [-0.2, 0) is 4.79 Å². The molecule has 1 amide bonds. The topological polar surface area (TPSA) is 54.0 Å². The smallest absolute Gasteiger partial charge is 0.262 e. The standard InChI is InChI=1S/C26H25ClFN3O3S/c1-33-24-15-18(5-10-23(24)34-17-25(32)29-21-4-2-3-19(27)16-21)26(35)31-13-11-30(12-14-31)22-8-6-20(28)7-9-22/h2-10,15-16H,11-14,17H2,1H3,(H,29,32). The zero-order chi connectivity index (χ0) is 24.8. The minimum atomic E-state index is -0.312. The number of halogens is 2. The highest BCUT2D eigenvalue weighted by atomic mass is 35.5. The first-order valence-electron chi connectivity index (χ1n) is 11.1. The lowest BCUT2D eigenvalue weighted by Gasteiger charge is -2.37. The molecule has 182 valence electrons. The maximum atomic E-state index is 13.2. The van der Waals surface area contributed by atoms with Gasteiger partial charge in [0.15, 0.2) is 18.1 Å². The van der Waals surface area contributed by atoms with E-state index in [0.29, 0.717) is 27.2 Å². The van der Waals surface area contributed by atoms with Crippen LogP contribution in [0.2, 0.25) is 5.02 Å². The lowest BCUT2D eigenvalue weighted by molar-refractivity contribution is -0.118. The highest BCUT2D eigenvalue weighted by molar-refractivity contribution is 7.80. The molecule has 0 aromatic heterocycles. The van der Waals surface area contributed by atoms with Gasteiger partial charge in [-0.1, -0.05) is 29.9 Å². The SMILES string of the molecule is COc1cc(C(=S)N2CCN(c3ccc(F)cc3)CC2)ccc1OCC(=O)Nc1cccc(Cl)c1. The summed E-state index contributed by atoms with van der Waals surface area (Å²) in [6, 6.07) is 18.9. The molecule has 3 aromatic rings. The summed E-state index contributed by atoms with van der Waals surface area (Å²) < 4.78 is 24.4. The van der Waals surface area contributed by atoms with Crippen molar-refractivity contribution in [3.63, 3.8) is 0 Å². The van der Waals surface area contributed by atoms with Gasteiger partial charge in [0.25, 0.3) is 5.91 Å². The summed E-state index contributed by atoms with van der Waals surface area (Å²) in [6.07, 6.45) is 0. The van der Waals surface area contributed by atoms with Crippen LogP contribution in [0.5, 0.6) is 11.5 Å². The van der Waals surface area contributed by atoms with Crippen LogP contribution in [0.3, 0.4) is 0 Å². The fourth-order valence-electron chi connectivity index (χ4n) is 3.83. The maximum absolute atomic E-state index is 13.2. The Morgan fingerprint density at radius 3 is 2.46 bits per heavy atom. The van der Waals surface area contributed by atoms with Crippen molar-refractivity contribution in [3.05, 3.63) is 83.1 Å². The van der Waals surface area contributed by atoms with Crippen molar-refractivity contribution in [2.24, 2.45) is 0 Å². The molecule has 9 heteroatoms. The van der Waals surface area contributed by atoms with Gasteiger partial charge in [0.2, 0.25) is 0 Å². The summed E-state index contributed by atoms with van der Waals surface area (Å²) in [5.41, 5.74) is 2.43. The molecule has 0 atom stereocenters. The van der Waals surface area contributed by atoms with Crippen LogP contribution in [0, 0.1) is 5.82 Å². The van der Waals surface area contributed by atoms with E-state index in [1.165, 1.54) is 12.1 Å². The zero-order valence-corrected chi connectivity index (χ0v) is 20.7. The third kappa shape index (κ3) is 6.41. The molecule has 0 bridgehead atoms. The second kappa shape index (κ2) is 11.4. The number of anilines is 2. The fraction of sp³-hybridized carbons (Fsp3) is 0.231. The third-order valence-corrected chi connectivity index (χ3v) is 6.37. The highest BCUT2D eigenvalue weighted by Gasteiger charge is 2.21. The van der Waals surface area contributed by atoms with Crippen molar-refractivity contribution < 1.29 is 18.7 Å². The summed E-state index contributed by atoms with van der Waals surface area (Å²) in [5, 5.41) is 3.28. The van der Waals surface area contributed by atoms with Crippen molar-refractivity contribution in [1.29, 1.82) is 0 Å². The van der Waals surface area contributed by atoms with E-state index in [2.05, 4.69) is 15.1 Å². The number of carbonyl (C=O) groups is 1. The van der Waals surface area contributed by atoms with E-state index in [0.717, 1.165) is 37.4 Å². The molecule has 3 aromatic carbocycles. The monoisotopic (exact) mass is 513 g/mol. The van der Waals surface area contributed by atoms with E-state index in [1.807, 2.05) is 12.1 Å². The van der Waals surface area contributed by atoms with Gasteiger partial charge in [-0.3, -0.25) is 4.79 Å². The minimum Gasteiger partial charge on any atom is -0.493 e. The molecule has 6 nitrogen and oxygen atoms in total. The van der Waals surface area contributed by atoms with E-state index in [-0.39, 0.29) is 18.3 Å². The Hall–Kier alpha value is -3.36. The number of amides is 1. The Balaban J connectivity index is 1.34. The molecule has 0 spiro atoms. The Kier molecular flexibility index (Phi) is 8.05. The normalized spacial score (nSPS) is 13.3. The van der Waals surface area contributed by atoms with Gasteiger partial charge in [0.05, 0.1) is 7.11 Å². The van der Waals surface area contributed by atoms with Gasteiger partial charge in [0, 0.05) is 48.1 Å². The van der Waals surface area contributed by atoms with E-state index >= 15 is 0 Å². The van der Waals surface area contributed by atoms with Gasteiger partial charge in [-0.2, -0.15) is 0 Å². The lowest BCUT2D eigenvalue weighted by Crippen LogP contribution is -2.48. The number of hydrogen-bond donors (Lipinski definition) is 1. The molecular formula is C26H25ClFN3O3S. The first-order chi connectivity index (χ1) is 16.9. The summed E-state index contributed by atoms with van der Waals surface area (Å²) in [5.74, 6) is 0.386. The van der Waals surface area contributed by atoms with Crippen molar-refractivity contribution in [2.45, 2.75) is 0 Å². The molecule has 0 radical (unpaired) electrons. The summed E-state index contributed by atoms with van der Waals surface area (Å²) in [7, 11) is 1.54. The number of methoxy groups -OCH3 is 1. The predicted molar refractivity (Wildman–Crippen MR) is 140 cm³/mol.